The van der Waals surface area contributed by atoms with Crippen LogP contribution in [-0.2, 0) is 19.4 Å². The molecule has 0 saturated carbocycles. The molecule has 2 atom stereocenters. The van der Waals surface area contributed by atoms with Gasteiger partial charge in [-0.1, -0.05) is 12.1 Å². The number of sulfone groups is 1. The first-order chi connectivity index (χ1) is 17.3. The summed E-state index contributed by atoms with van der Waals surface area (Å²) in [5.74, 6) is -0.305. The molecule has 2 aromatic rings. The molecule has 12 heteroatoms. The Kier molecular flexibility index (Phi) is 8.37. The van der Waals surface area contributed by atoms with Crippen LogP contribution in [-0.4, -0.2) is 81.0 Å². The normalized spacial score (nSPS) is 20.7. The molecule has 0 radical (unpaired) electrons. The van der Waals surface area contributed by atoms with Crippen LogP contribution in [0.15, 0.2) is 53.4 Å². The molecular weight excluding hydrogens is 507 g/mol. The summed E-state index contributed by atoms with van der Waals surface area (Å²) >= 11 is 1.20. The smallest absolute Gasteiger partial charge is 0.241 e. The van der Waals surface area contributed by atoms with Crippen molar-refractivity contribution in [1.29, 1.82) is 0 Å². The van der Waals surface area contributed by atoms with Crippen LogP contribution in [0.4, 0.5) is 10.1 Å². The van der Waals surface area contributed by atoms with Crippen LogP contribution >= 0.6 is 11.8 Å². The third-order valence-corrected chi connectivity index (χ3v) is 9.18. The molecule has 2 aliphatic rings. The summed E-state index contributed by atoms with van der Waals surface area (Å²) in [6.45, 7) is 4.24. The van der Waals surface area contributed by atoms with E-state index in [9.17, 15) is 22.4 Å². The topological polar surface area (TPSA) is 108 Å². The zero-order valence-electron chi connectivity index (χ0n) is 19.9. The fourth-order valence-electron chi connectivity index (χ4n) is 4.14. The van der Waals surface area contributed by atoms with Gasteiger partial charge in [-0.25, -0.2) is 12.8 Å². The third kappa shape index (κ3) is 5.93. The van der Waals surface area contributed by atoms with Crippen molar-refractivity contribution in [3.05, 3.63) is 54.3 Å². The lowest BCUT2D eigenvalue weighted by molar-refractivity contribution is -0.128. The van der Waals surface area contributed by atoms with Gasteiger partial charge in [-0.05, 0) is 43.3 Å². The number of carbonyl (C=O) groups is 2. The van der Waals surface area contributed by atoms with Crippen LogP contribution in [0.1, 0.15) is 6.92 Å². The number of para-hydroxylation sites is 1. The first-order valence-corrected chi connectivity index (χ1v) is 14.3. The summed E-state index contributed by atoms with van der Waals surface area (Å²) in [5, 5.41) is 4.39. The molecule has 9 nitrogen and oxygen atoms in total. The predicted molar refractivity (Wildman–Crippen MR) is 136 cm³/mol. The van der Waals surface area contributed by atoms with Crippen molar-refractivity contribution in [3.63, 3.8) is 0 Å². The number of nitrogens with one attached hydrogen (secondary N) is 2. The fourth-order valence-corrected chi connectivity index (χ4v) is 6.55. The van der Waals surface area contributed by atoms with Crippen molar-refractivity contribution in [1.82, 2.24) is 15.5 Å². The monoisotopic (exact) mass is 536 g/mol. The van der Waals surface area contributed by atoms with Gasteiger partial charge in [-0.3, -0.25) is 14.9 Å². The lowest BCUT2D eigenvalue weighted by atomic mass is 10.2. The van der Waals surface area contributed by atoms with Gasteiger partial charge < -0.3 is 19.9 Å². The summed E-state index contributed by atoms with van der Waals surface area (Å²) in [6.07, 6.45) is 0. The maximum atomic E-state index is 14.0. The summed E-state index contributed by atoms with van der Waals surface area (Å²) in [5.41, 5.74) is -0.0456. The Morgan fingerprint density at radius 1 is 1.11 bits per heavy atom. The second kappa shape index (κ2) is 11.5. The van der Waals surface area contributed by atoms with Gasteiger partial charge in [0.25, 0.3) is 0 Å². The molecule has 2 aromatic carbocycles. The van der Waals surface area contributed by atoms with Gasteiger partial charge >= 0.3 is 0 Å². The minimum atomic E-state index is -3.89. The number of hydrogen-bond donors (Lipinski definition) is 2. The van der Waals surface area contributed by atoms with E-state index in [1.54, 1.807) is 35.2 Å². The summed E-state index contributed by atoms with van der Waals surface area (Å²) in [4.78, 5) is 29.0. The average Bonchev–Trinajstić information content (AvgIpc) is 2.88. The molecule has 0 aliphatic carbocycles. The van der Waals surface area contributed by atoms with E-state index >= 15 is 0 Å². The number of nitrogens with zero attached hydrogens (tertiary/aromatic N) is 2. The first-order valence-electron chi connectivity index (χ1n) is 11.7. The van der Waals surface area contributed by atoms with Crippen LogP contribution in [0.3, 0.4) is 0 Å². The van der Waals surface area contributed by atoms with E-state index in [1.165, 1.54) is 30.0 Å². The largest absolute Gasteiger partial charge is 0.494 e. The van der Waals surface area contributed by atoms with Gasteiger partial charge in [0.1, 0.15) is 17.1 Å². The van der Waals surface area contributed by atoms with E-state index in [1.807, 2.05) is 11.8 Å². The van der Waals surface area contributed by atoms with Gasteiger partial charge in [-0.15, -0.1) is 11.8 Å². The molecule has 0 bridgehead atoms. The number of halogens is 1. The highest BCUT2D eigenvalue weighted by atomic mass is 32.2. The Hall–Kier alpha value is -2.83. The Bertz CT molecular complexity index is 1190. The molecule has 2 saturated heterocycles. The van der Waals surface area contributed by atoms with Crippen molar-refractivity contribution in [2.75, 3.05) is 50.0 Å². The van der Waals surface area contributed by atoms with Crippen molar-refractivity contribution in [2.45, 2.75) is 22.6 Å². The first kappa shape index (κ1) is 26.2. The summed E-state index contributed by atoms with van der Waals surface area (Å²) in [6, 6.07) is 12.6. The van der Waals surface area contributed by atoms with Crippen LogP contribution < -0.4 is 20.3 Å². The summed E-state index contributed by atoms with van der Waals surface area (Å²) in [7, 11) is -3.89. The maximum absolute atomic E-state index is 14.0. The zero-order chi connectivity index (χ0) is 25.7. The van der Waals surface area contributed by atoms with Crippen LogP contribution in [0.2, 0.25) is 0 Å². The molecule has 2 unspecified atom stereocenters. The third-order valence-electron chi connectivity index (χ3n) is 6.09. The van der Waals surface area contributed by atoms with Crippen molar-refractivity contribution in [2.24, 2.45) is 0 Å². The molecule has 2 aliphatic heterocycles. The second-order valence-corrected chi connectivity index (χ2v) is 11.6. The number of anilines is 1. The average molecular weight is 537 g/mol. The zero-order valence-corrected chi connectivity index (χ0v) is 21.5. The quantitative estimate of drug-likeness (QED) is 0.522. The van der Waals surface area contributed by atoms with Gasteiger partial charge in [-0.2, -0.15) is 0 Å². The van der Waals surface area contributed by atoms with Gasteiger partial charge in [0, 0.05) is 32.7 Å². The Labute approximate surface area is 214 Å². The van der Waals surface area contributed by atoms with Crippen molar-refractivity contribution >= 4 is 39.1 Å². The molecule has 36 heavy (non-hydrogen) atoms. The van der Waals surface area contributed by atoms with E-state index in [-0.39, 0.29) is 28.9 Å². The maximum Gasteiger partial charge on any atom is 0.241 e. The molecule has 2 amide bonds. The molecule has 194 valence electrons. The number of thioether (sulfide) groups is 1. The lowest BCUT2D eigenvalue weighted by Gasteiger charge is -2.36. The Morgan fingerprint density at radius 3 is 2.44 bits per heavy atom. The second-order valence-electron chi connectivity index (χ2n) is 8.37. The van der Waals surface area contributed by atoms with E-state index < -0.39 is 26.5 Å². The van der Waals surface area contributed by atoms with E-state index in [2.05, 4.69) is 10.6 Å². The molecule has 2 heterocycles. The lowest BCUT2D eigenvalue weighted by Crippen LogP contribution is -2.59. The van der Waals surface area contributed by atoms with Gasteiger partial charge in [0.05, 0.1) is 22.9 Å². The number of carbonyl (C=O) groups excluding carboxylic acids is 2. The minimum Gasteiger partial charge on any atom is -0.494 e. The van der Waals surface area contributed by atoms with Crippen molar-refractivity contribution in [3.8, 4) is 5.75 Å². The molecular formula is C24H29FN4O5S2. The predicted octanol–water partition coefficient (Wildman–Crippen LogP) is 1.45. The molecule has 4 rings (SSSR count). The SMILES string of the molecule is CCOc1ccc(S(=O)(=O)C2CNC(SCC(=O)N3CCN(c4ccccc4F)CC3)NC2=O)cc1. The Morgan fingerprint density at radius 2 is 1.81 bits per heavy atom. The van der Waals surface area contributed by atoms with Crippen LogP contribution in [0, 0.1) is 5.82 Å². The molecule has 0 spiro atoms. The summed E-state index contributed by atoms with van der Waals surface area (Å²) < 4.78 is 45.3. The number of ether oxygens (including phenoxy) is 1. The van der Waals surface area contributed by atoms with Crippen LogP contribution in [0.25, 0.3) is 0 Å². The van der Waals surface area contributed by atoms with Crippen molar-refractivity contribution < 1.29 is 27.1 Å². The standard InChI is InChI=1S/C24H29FN4O5S2/c1-2-34-17-7-9-18(10-8-17)36(32,33)21-15-26-24(27-23(21)31)35-16-22(30)29-13-11-28(12-14-29)20-6-4-3-5-19(20)25/h3-10,21,24,26H,2,11-16H2,1H3,(H,27,31). The number of hydrogen-bond acceptors (Lipinski definition) is 8. The Balaban J connectivity index is 1.25. The number of amides is 2. The van der Waals surface area contributed by atoms with E-state index in [0.29, 0.717) is 44.2 Å². The van der Waals surface area contributed by atoms with Gasteiger partial charge in [0.15, 0.2) is 15.1 Å². The number of piperazine rings is 1. The van der Waals surface area contributed by atoms with Gasteiger partial charge in [0.2, 0.25) is 11.8 Å². The molecule has 2 N–H and O–H groups in total. The molecule has 0 aromatic heterocycles. The number of benzene rings is 2. The highest BCUT2D eigenvalue weighted by molar-refractivity contribution is 8.00. The van der Waals surface area contributed by atoms with Crippen LogP contribution in [0.5, 0.6) is 5.75 Å². The highest BCUT2D eigenvalue weighted by Crippen LogP contribution is 2.23. The van der Waals surface area contributed by atoms with E-state index in [0.717, 1.165) is 0 Å². The minimum absolute atomic E-state index is 0.0451. The highest BCUT2D eigenvalue weighted by Gasteiger charge is 2.38. The number of rotatable bonds is 8. The van der Waals surface area contributed by atoms with E-state index in [4.69, 9.17) is 4.74 Å². The molecule has 2 fully saturated rings. The fraction of sp³-hybridized carbons (Fsp3) is 0.417.